The molecule has 1 heterocycles. The van der Waals surface area contributed by atoms with Gasteiger partial charge < -0.3 is 14.8 Å². The molecular formula is C13H13BrN2O3. The molecule has 0 bridgehead atoms. The van der Waals surface area contributed by atoms with E-state index in [9.17, 15) is 4.79 Å². The minimum Gasteiger partial charge on any atom is -0.478 e. The van der Waals surface area contributed by atoms with Gasteiger partial charge in [0, 0.05) is 10.2 Å². The Bertz CT molecular complexity index is 603. The Hall–Kier alpha value is -1.82. The van der Waals surface area contributed by atoms with Crippen molar-refractivity contribution in [2.24, 2.45) is 0 Å². The van der Waals surface area contributed by atoms with E-state index in [4.69, 9.17) is 9.52 Å². The largest absolute Gasteiger partial charge is 0.478 e. The fraction of sp³-hybridized carbons (Fsp3) is 0.231. The first kappa shape index (κ1) is 13.6. The Morgan fingerprint density at radius 1 is 1.47 bits per heavy atom. The molecule has 2 N–H and O–H groups in total. The smallest absolute Gasteiger partial charge is 0.337 e. The monoisotopic (exact) mass is 324 g/mol. The molecule has 0 aliphatic rings. The fourth-order valence-corrected chi connectivity index (χ4v) is 1.99. The fourth-order valence-electron chi connectivity index (χ4n) is 1.63. The van der Waals surface area contributed by atoms with Crippen LogP contribution in [0.3, 0.4) is 0 Å². The van der Waals surface area contributed by atoms with Gasteiger partial charge >= 0.3 is 5.97 Å². The number of benzene rings is 1. The van der Waals surface area contributed by atoms with E-state index in [2.05, 4.69) is 26.2 Å². The van der Waals surface area contributed by atoms with Crippen LogP contribution in [0.4, 0.5) is 5.69 Å². The summed E-state index contributed by atoms with van der Waals surface area (Å²) >= 11 is 3.25. The average molecular weight is 325 g/mol. The maximum Gasteiger partial charge on any atom is 0.337 e. The molecule has 2 rings (SSSR count). The number of aryl methyl sites for hydroxylation is 2. The van der Waals surface area contributed by atoms with Gasteiger partial charge in [-0.1, -0.05) is 15.9 Å². The number of oxazole rings is 1. The van der Waals surface area contributed by atoms with E-state index in [0.717, 1.165) is 15.9 Å². The normalized spacial score (nSPS) is 10.5. The van der Waals surface area contributed by atoms with Gasteiger partial charge in [-0.25, -0.2) is 9.78 Å². The lowest BCUT2D eigenvalue weighted by molar-refractivity contribution is 0.0698. The summed E-state index contributed by atoms with van der Waals surface area (Å²) in [5.74, 6) is 0.323. The van der Waals surface area contributed by atoms with Crippen LogP contribution in [0.2, 0.25) is 0 Å². The number of aromatic nitrogens is 1. The van der Waals surface area contributed by atoms with Crippen LogP contribution in [-0.4, -0.2) is 16.1 Å². The number of nitrogens with zero attached hydrogens (tertiary/aromatic N) is 1. The van der Waals surface area contributed by atoms with E-state index in [1.807, 2.05) is 13.8 Å². The highest BCUT2D eigenvalue weighted by Crippen LogP contribution is 2.22. The summed E-state index contributed by atoms with van der Waals surface area (Å²) < 4.78 is 6.15. The molecule has 0 aliphatic heterocycles. The van der Waals surface area contributed by atoms with Gasteiger partial charge in [0.15, 0.2) is 0 Å². The van der Waals surface area contributed by atoms with E-state index in [-0.39, 0.29) is 5.56 Å². The summed E-state index contributed by atoms with van der Waals surface area (Å²) in [6.45, 7) is 4.05. The third kappa shape index (κ3) is 3.14. The standard InChI is InChI=1S/C13H13BrN2O3/c1-7-8(2)19-12(16-7)6-15-11-4-3-9(14)5-10(11)13(17)18/h3-5,15H,6H2,1-2H3,(H,17,18). The quantitative estimate of drug-likeness (QED) is 0.901. The Morgan fingerprint density at radius 3 is 2.79 bits per heavy atom. The van der Waals surface area contributed by atoms with Gasteiger partial charge in [0.05, 0.1) is 17.8 Å². The van der Waals surface area contributed by atoms with Gasteiger partial charge in [-0.2, -0.15) is 0 Å². The Kier molecular flexibility index (Phi) is 3.90. The van der Waals surface area contributed by atoms with Crippen LogP contribution in [-0.2, 0) is 6.54 Å². The molecule has 0 spiro atoms. The predicted octanol–water partition coefficient (Wildman–Crippen LogP) is 3.36. The zero-order chi connectivity index (χ0) is 14.0. The molecule has 0 aliphatic carbocycles. The first-order valence-corrected chi connectivity index (χ1v) is 6.46. The van der Waals surface area contributed by atoms with Crippen molar-refractivity contribution >= 4 is 27.6 Å². The Balaban J connectivity index is 2.17. The number of carboxylic acids is 1. The van der Waals surface area contributed by atoms with Gasteiger partial charge in [-0.05, 0) is 32.0 Å². The molecule has 0 fully saturated rings. The van der Waals surface area contributed by atoms with E-state index in [0.29, 0.717) is 18.1 Å². The first-order chi connectivity index (χ1) is 8.97. The van der Waals surface area contributed by atoms with Crippen LogP contribution in [0.1, 0.15) is 27.7 Å². The minimum absolute atomic E-state index is 0.203. The molecule has 19 heavy (non-hydrogen) atoms. The highest BCUT2D eigenvalue weighted by atomic mass is 79.9. The van der Waals surface area contributed by atoms with Crippen molar-refractivity contribution in [1.82, 2.24) is 4.98 Å². The summed E-state index contributed by atoms with van der Waals surface area (Å²) in [4.78, 5) is 15.4. The number of carboxylic acid groups (broad SMARTS) is 1. The van der Waals surface area contributed by atoms with Gasteiger partial charge in [0.25, 0.3) is 0 Å². The minimum atomic E-state index is -0.983. The number of hydrogen-bond donors (Lipinski definition) is 2. The van der Waals surface area contributed by atoms with E-state index in [1.165, 1.54) is 0 Å². The van der Waals surface area contributed by atoms with Crippen LogP contribution < -0.4 is 5.32 Å². The Labute approximate surface area is 118 Å². The number of hydrogen-bond acceptors (Lipinski definition) is 4. The molecule has 100 valence electrons. The van der Waals surface area contributed by atoms with Crippen molar-refractivity contribution in [3.8, 4) is 0 Å². The number of nitrogens with one attached hydrogen (secondary N) is 1. The maximum absolute atomic E-state index is 11.1. The summed E-state index contributed by atoms with van der Waals surface area (Å²) in [7, 11) is 0. The van der Waals surface area contributed by atoms with Crippen molar-refractivity contribution in [3.05, 3.63) is 45.6 Å². The second kappa shape index (κ2) is 5.44. The molecular weight excluding hydrogens is 312 g/mol. The Morgan fingerprint density at radius 2 is 2.21 bits per heavy atom. The van der Waals surface area contributed by atoms with Crippen molar-refractivity contribution in [2.45, 2.75) is 20.4 Å². The molecule has 0 saturated heterocycles. The van der Waals surface area contributed by atoms with Crippen LogP contribution in [0.5, 0.6) is 0 Å². The van der Waals surface area contributed by atoms with Gasteiger partial charge in [0.1, 0.15) is 5.76 Å². The van der Waals surface area contributed by atoms with Crippen molar-refractivity contribution in [3.63, 3.8) is 0 Å². The lowest BCUT2D eigenvalue weighted by Gasteiger charge is -2.08. The van der Waals surface area contributed by atoms with Crippen molar-refractivity contribution in [2.75, 3.05) is 5.32 Å². The molecule has 2 aromatic rings. The van der Waals surface area contributed by atoms with Crippen LogP contribution >= 0.6 is 15.9 Å². The number of aromatic carboxylic acids is 1. The maximum atomic E-state index is 11.1. The SMILES string of the molecule is Cc1nc(CNc2ccc(Br)cc2C(=O)O)oc1C. The van der Waals surface area contributed by atoms with E-state index < -0.39 is 5.97 Å². The molecule has 1 aromatic heterocycles. The molecule has 5 nitrogen and oxygen atoms in total. The number of anilines is 1. The number of rotatable bonds is 4. The zero-order valence-corrected chi connectivity index (χ0v) is 12.1. The predicted molar refractivity (Wildman–Crippen MR) is 74.4 cm³/mol. The van der Waals surface area contributed by atoms with Crippen molar-refractivity contribution < 1.29 is 14.3 Å². The van der Waals surface area contributed by atoms with Crippen molar-refractivity contribution in [1.29, 1.82) is 0 Å². The second-order valence-corrected chi connectivity index (χ2v) is 5.01. The second-order valence-electron chi connectivity index (χ2n) is 4.10. The summed E-state index contributed by atoms with van der Waals surface area (Å²) in [5, 5.41) is 12.2. The molecule has 0 radical (unpaired) electrons. The molecule has 0 amide bonds. The van der Waals surface area contributed by atoms with Crippen LogP contribution in [0.25, 0.3) is 0 Å². The zero-order valence-electron chi connectivity index (χ0n) is 10.5. The first-order valence-electron chi connectivity index (χ1n) is 5.67. The number of halogens is 1. The molecule has 0 atom stereocenters. The molecule has 0 unspecified atom stereocenters. The number of carbonyl (C=O) groups is 1. The third-order valence-electron chi connectivity index (χ3n) is 2.71. The third-order valence-corrected chi connectivity index (χ3v) is 3.21. The lowest BCUT2D eigenvalue weighted by atomic mass is 10.2. The summed E-state index contributed by atoms with van der Waals surface area (Å²) in [6, 6.07) is 5.04. The molecule has 0 saturated carbocycles. The van der Waals surface area contributed by atoms with E-state index >= 15 is 0 Å². The highest BCUT2D eigenvalue weighted by molar-refractivity contribution is 9.10. The van der Waals surface area contributed by atoms with Gasteiger partial charge in [-0.15, -0.1) is 0 Å². The average Bonchev–Trinajstić information content (AvgIpc) is 2.67. The topological polar surface area (TPSA) is 75.4 Å². The van der Waals surface area contributed by atoms with E-state index in [1.54, 1.807) is 18.2 Å². The van der Waals surface area contributed by atoms with Gasteiger partial charge in [0.2, 0.25) is 5.89 Å². The summed E-state index contributed by atoms with van der Waals surface area (Å²) in [6.07, 6.45) is 0. The highest BCUT2D eigenvalue weighted by Gasteiger charge is 2.12. The lowest BCUT2D eigenvalue weighted by Crippen LogP contribution is -2.06. The van der Waals surface area contributed by atoms with Crippen LogP contribution in [0.15, 0.2) is 27.1 Å². The van der Waals surface area contributed by atoms with Gasteiger partial charge in [-0.3, -0.25) is 0 Å². The van der Waals surface area contributed by atoms with Crippen LogP contribution in [0, 0.1) is 13.8 Å². The molecule has 1 aromatic carbocycles. The summed E-state index contributed by atoms with van der Waals surface area (Å²) in [5.41, 5.74) is 1.57. The molecule has 6 heteroatoms.